The van der Waals surface area contributed by atoms with Gasteiger partial charge in [-0.1, -0.05) is 6.07 Å². The summed E-state index contributed by atoms with van der Waals surface area (Å²) >= 11 is 0. The molecule has 28 heavy (non-hydrogen) atoms. The molecule has 0 atom stereocenters. The van der Waals surface area contributed by atoms with Crippen LogP contribution in [-0.2, 0) is 5.92 Å². The minimum Gasteiger partial charge on any atom is -0.352 e. The van der Waals surface area contributed by atoms with Crippen LogP contribution in [0, 0.1) is 6.92 Å². The number of aromatic nitrogens is 5. The Balaban J connectivity index is 1.99. The van der Waals surface area contributed by atoms with Gasteiger partial charge in [0.2, 0.25) is 11.9 Å². The van der Waals surface area contributed by atoms with Crippen LogP contribution in [0.3, 0.4) is 0 Å². The minimum atomic E-state index is -3.04. The molecular formula is C19H21F2N7. The third kappa shape index (κ3) is 4.93. The number of rotatable bonds is 6. The van der Waals surface area contributed by atoms with E-state index in [-0.39, 0.29) is 17.7 Å². The van der Waals surface area contributed by atoms with Gasteiger partial charge in [0, 0.05) is 30.5 Å². The summed E-state index contributed by atoms with van der Waals surface area (Å²) in [6.07, 6.45) is 1.31. The van der Waals surface area contributed by atoms with E-state index in [1.54, 1.807) is 12.1 Å². The zero-order valence-corrected chi connectivity index (χ0v) is 16.0. The molecule has 0 aliphatic heterocycles. The van der Waals surface area contributed by atoms with Crippen molar-refractivity contribution in [3.8, 4) is 11.5 Å². The van der Waals surface area contributed by atoms with Crippen LogP contribution in [0.25, 0.3) is 11.5 Å². The highest BCUT2D eigenvalue weighted by molar-refractivity contribution is 5.59. The number of nitrogens with one attached hydrogen (secondary N) is 2. The highest BCUT2D eigenvalue weighted by atomic mass is 19.3. The Hall–Kier alpha value is -3.23. The molecule has 7 nitrogen and oxygen atoms in total. The summed E-state index contributed by atoms with van der Waals surface area (Å²) in [5.41, 5.74) is 1.48. The van der Waals surface area contributed by atoms with E-state index in [9.17, 15) is 8.78 Å². The highest BCUT2D eigenvalue weighted by Gasteiger charge is 2.26. The normalized spacial score (nSPS) is 11.5. The lowest BCUT2D eigenvalue weighted by molar-refractivity contribution is 0.0128. The second-order valence-corrected chi connectivity index (χ2v) is 6.71. The fraction of sp³-hybridized carbons (Fsp3) is 0.316. The number of hydrogen-bond donors (Lipinski definition) is 2. The summed E-state index contributed by atoms with van der Waals surface area (Å²) in [5, 5.41) is 6.08. The first-order chi connectivity index (χ1) is 13.2. The average molecular weight is 385 g/mol. The molecule has 0 unspecified atom stereocenters. The predicted molar refractivity (Wildman–Crippen MR) is 104 cm³/mol. The second kappa shape index (κ2) is 7.79. The standard InChI is InChI=1S/C19H21F2N7/c1-11(2)23-17-26-16(14-7-5-6-12(3)24-14)27-18(28-17)25-13-8-9-22-15(10-13)19(4,20)21/h5-11H,1-4H3,(H2,22,23,25,26,27,28). The lowest BCUT2D eigenvalue weighted by atomic mass is 10.2. The molecule has 0 saturated heterocycles. The van der Waals surface area contributed by atoms with Crippen LogP contribution in [0.1, 0.15) is 32.2 Å². The maximum atomic E-state index is 13.6. The fourth-order valence-corrected chi connectivity index (χ4v) is 2.41. The Bertz CT molecular complexity index is 970. The summed E-state index contributed by atoms with van der Waals surface area (Å²) in [5.74, 6) is -2.09. The van der Waals surface area contributed by atoms with Crippen molar-refractivity contribution in [3.63, 3.8) is 0 Å². The van der Waals surface area contributed by atoms with Crippen molar-refractivity contribution < 1.29 is 8.78 Å². The molecule has 0 aliphatic carbocycles. The first kappa shape index (κ1) is 19.5. The molecule has 3 aromatic rings. The molecule has 0 aromatic carbocycles. The van der Waals surface area contributed by atoms with Crippen LogP contribution in [0.4, 0.5) is 26.4 Å². The van der Waals surface area contributed by atoms with Gasteiger partial charge in [-0.05, 0) is 45.0 Å². The lowest BCUT2D eigenvalue weighted by Gasteiger charge is -2.13. The van der Waals surface area contributed by atoms with Gasteiger partial charge >= 0.3 is 0 Å². The van der Waals surface area contributed by atoms with Gasteiger partial charge in [-0.2, -0.15) is 23.7 Å². The van der Waals surface area contributed by atoms with Crippen molar-refractivity contribution in [3.05, 3.63) is 47.9 Å². The maximum Gasteiger partial charge on any atom is 0.287 e. The summed E-state index contributed by atoms with van der Waals surface area (Å²) in [7, 11) is 0. The Morgan fingerprint density at radius 1 is 1.00 bits per heavy atom. The number of nitrogens with zero attached hydrogens (tertiary/aromatic N) is 5. The van der Waals surface area contributed by atoms with Gasteiger partial charge < -0.3 is 10.6 Å². The number of halogens is 2. The number of pyridine rings is 2. The molecule has 0 aliphatic rings. The number of alkyl halides is 2. The van der Waals surface area contributed by atoms with Crippen LogP contribution < -0.4 is 10.6 Å². The van der Waals surface area contributed by atoms with Crippen LogP contribution in [-0.4, -0.2) is 31.0 Å². The van der Waals surface area contributed by atoms with Crippen molar-refractivity contribution in [2.24, 2.45) is 0 Å². The molecule has 0 saturated carbocycles. The Kier molecular flexibility index (Phi) is 5.43. The Labute approximate surface area is 161 Å². The van der Waals surface area contributed by atoms with Crippen molar-refractivity contribution >= 4 is 17.6 Å². The van der Waals surface area contributed by atoms with Gasteiger partial charge in [-0.3, -0.25) is 4.98 Å². The molecule has 3 heterocycles. The topological polar surface area (TPSA) is 88.5 Å². The Morgan fingerprint density at radius 3 is 2.43 bits per heavy atom. The molecule has 0 bridgehead atoms. The summed E-state index contributed by atoms with van der Waals surface area (Å²) < 4.78 is 27.1. The first-order valence-electron chi connectivity index (χ1n) is 8.79. The number of hydrogen-bond acceptors (Lipinski definition) is 7. The van der Waals surface area contributed by atoms with E-state index < -0.39 is 5.92 Å². The van der Waals surface area contributed by atoms with E-state index in [1.807, 2.05) is 32.9 Å². The fourth-order valence-electron chi connectivity index (χ4n) is 2.41. The van der Waals surface area contributed by atoms with E-state index in [0.717, 1.165) is 12.6 Å². The van der Waals surface area contributed by atoms with Gasteiger partial charge in [0.05, 0.1) is 0 Å². The monoisotopic (exact) mass is 385 g/mol. The lowest BCUT2D eigenvalue weighted by Crippen LogP contribution is -2.15. The third-order valence-electron chi connectivity index (χ3n) is 3.64. The highest BCUT2D eigenvalue weighted by Crippen LogP contribution is 2.27. The molecule has 0 amide bonds. The summed E-state index contributed by atoms with van der Waals surface area (Å²) in [6, 6.07) is 8.47. The smallest absolute Gasteiger partial charge is 0.287 e. The van der Waals surface area contributed by atoms with Gasteiger partial charge in [0.15, 0.2) is 5.82 Å². The van der Waals surface area contributed by atoms with Crippen LogP contribution >= 0.6 is 0 Å². The molecule has 0 radical (unpaired) electrons. The molecule has 3 rings (SSSR count). The molecule has 146 valence electrons. The van der Waals surface area contributed by atoms with E-state index in [0.29, 0.717) is 23.2 Å². The average Bonchev–Trinajstić information content (AvgIpc) is 2.60. The van der Waals surface area contributed by atoms with Crippen LogP contribution in [0.2, 0.25) is 0 Å². The minimum absolute atomic E-state index is 0.0971. The van der Waals surface area contributed by atoms with Crippen molar-refractivity contribution in [1.29, 1.82) is 0 Å². The molecule has 9 heteroatoms. The van der Waals surface area contributed by atoms with E-state index in [1.165, 1.54) is 12.3 Å². The molecule has 0 fully saturated rings. The van der Waals surface area contributed by atoms with E-state index in [4.69, 9.17) is 0 Å². The molecule has 3 aromatic heterocycles. The third-order valence-corrected chi connectivity index (χ3v) is 3.64. The zero-order valence-electron chi connectivity index (χ0n) is 16.0. The largest absolute Gasteiger partial charge is 0.352 e. The molecule has 0 spiro atoms. The van der Waals surface area contributed by atoms with Gasteiger partial charge in [0.1, 0.15) is 11.4 Å². The first-order valence-corrected chi connectivity index (χ1v) is 8.79. The van der Waals surface area contributed by atoms with Gasteiger partial charge in [-0.25, -0.2) is 4.98 Å². The summed E-state index contributed by atoms with van der Waals surface area (Å²) in [4.78, 5) is 21.3. The Morgan fingerprint density at radius 2 is 1.75 bits per heavy atom. The number of aryl methyl sites for hydroxylation is 1. The van der Waals surface area contributed by atoms with Crippen molar-refractivity contribution in [2.75, 3.05) is 10.6 Å². The van der Waals surface area contributed by atoms with Crippen molar-refractivity contribution in [1.82, 2.24) is 24.9 Å². The zero-order chi connectivity index (χ0) is 20.3. The molecule has 2 N–H and O–H groups in total. The van der Waals surface area contributed by atoms with Crippen LogP contribution in [0.5, 0.6) is 0 Å². The van der Waals surface area contributed by atoms with Gasteiger partial charge in [-0.15, -0.1) is 0 Å². The second-order valence-electron chi connectivity index (χ2n) is 6.71. The number of anilines is 3. The van der Waals surface area contributed by atoms with Gasteiger partial charge in [0.25, 0.3) is 5.92 Å². The maximum absolute atomic E-state index is 13.6. The van der Waals surface area contributed by atoms with Crippen LogP contribution in [0.15, 0.2) is 36.5 Å². The molecular weight excluding hydrogens is 364 g/mol. The SMILES string of the molecule is Cc1cccc(-c2nc(Nc3ccnc(C(C)(F)F)c3)nc(NC(C)C)n2)n1. The van der Waals surface area contributed by atoms with E-state index >= 15 is 0 Å². The summed E-state index contributed by atoms with van der Waals surface area (Å²) in [6.45, 7) is 6.59. The van der Waals surface area contributed by atoms with Crippen molar-refractivity contribution in [2.45, 2.75) is 39.7 Å². The predicted octanol–water partition coefficient (Wildman–Crippen LogP) is 4.31. The quantitative estimate of drug-likeness (QED) is 0.653. The van der Waals surface area contributed by atoms with E-state index in [2.05, 4.69) is 35.6 Å².